The van der Waals surface area contributed by atoms with Crippen LogP contribution in [0, 0.1) is 13.8 Å². The Morgan fingerprint density at radius 1 is 1.18 bits per heavy atom. The first-order valence-corrected chi connectivity index (χ1v) is 6.21. The summed E-state index contributed by atoms with van der Waals surface area (Å²) in [4.78, 5) is 0. The number of nitrogens with one attached hydrogen (secondary N) is 1. The summed E-state index contributed by atoms with van der Waals surface area (Å²) < 4.78 is 11.1. The standard InChI is InChI=1S/C14H23NO2/c1-6-15-14-10(3)8-13(9-11(14)4)17-12(5)16-7-2/h8-9,12,15H,6-7H2,1-5H3. The summed E-state index contributed by atoms with van der Waals surface area (Å²) in [6, 6.07) is 4.08. The van der Waals surface area contributed by atoms with Crippen LogP contribution < -0.4 is 10.1 Å². The molecule has 1 unspecified atom stereocenters. The zero-order valence-corrected chi connectivity index (χ0v) is 11.5. The zero-order chi connectivity index (χ0) is 12.8. The van der Waals surface area contributed by atoms with Crippen molar-refractivity contribution < 1.29 is 9.47 Å². The highest BCUT2D eigenvalue weighted by atomic mass is 16.7. The SMILES string of the molecule is CCNc1c(C)cc(OC(C)OCC)cc1C. The number of ether oxygens (including phenoxy) is 2. The van der Waals surface area contributed by atoms with E-state index in [1.54, 1.807) is 0 Å². The van der Waals surface area contributed by atoms with Gasteiger partial charge in [-0.1, -0.05) is 0 Å². The van der Waals surface area contributed by atoms with Crippen LogP contribution in [0.15, 0.2) is 12.1 Å². The summed E-state index contributed by atoms with van der Waals surface area (Å²) in [5.41, 5.74) is 3.60. The third-order valence-corrected chi connectivity index (χ3v) is 2.56. The largest absolute Gasteiger partial charge is 0.465 e. The highest BCUT2D eigenvalue weighted by molar-refractivity contribution is 5.59. The van der Waals surface area contributed by atoms with Crippen molar-refractivity contribution in [3.05, 3.63) is 23.3 Å². The normalized spacial score (nSPS) is 12.3. The molecule has 0 radical (unpaired) electrons. The first kappa shape index (κ1) is 13.8. The molecule has 3 heteroatoms. The highest BCUT2D eigenvalue weighted by Gasteiger charge is 2.08. The molecule has 1 N–H and O–H groups in total. The molecular weight excluding hydrogens is 214 g/mol. The second kappa shape index (κ2) is 6.50. The van der Waals surface area contributed by atoms with Crippen LogP contribution in [0.5, 0.6) is 5.75 Å². The van der Waals surface area contributed by atoms with Crippen LogP contribution >= 0.6 is 0 Å². The van der Waals surface area contributed by atoms with Gasteiger partial charge in [0.15, 0.2) is 6.29 Å². The molecule has 0 heterocycles. The predicted octanol–water partition coefficient (Wildman–Crippen LogP) is 3.50. The molecule has 0 spiro atoms. The van der Waals surface area contributed by atoms with E-state index < -0.39 is 0 Å². The average molecular weight is 237 g/mol. The molecule has 3 nitrogen and oxygen atoms in total. The Balaban J connectivity index is 2.82. The molecule has 0 aliphatic rings. The van der Waals surface area contributed by atoms with Crippen molar-refractivity contribution in [2.45, 2.75) is 40.9 Å². The minimum atomic E-state index is -0.205. The summed E-state index contributed by atoms with van der Waals surface area (Å²) in [6.07, 6.45) is -0.205. The van der Waals surface area contributed by atoms with Gasteiger partial charge in [-0.25, -0.2) is 0 Å². The summed E-state index contributed by atoms with van der Waals surface area (Å²) in [6.45, 7) is 11.7. The molecule has 96 valence electrons. The van der Waals surface area contributed by atoms with Gasteiger partial charge < -0.3 is 14.8 Å². The Labute approximate surface area is 104 Å². The van der Waals surface area contributed by atoms with E-state index in [-0.39, 0.29) is 6.29 Å². The van der Waals surface area contributed by atoms with E-state index in [1.807, 2.05) is 26.0 Å². The van der Waals surface area contributed by atoms with Crippen LogP contribution in [0.1, 0.15) is 31.9 Å². The van der Waals surface area contributed by atoms with Gasteiger partial charge in [-0.15, -0.1) is 0 Å². The van der Waals surface area contributed by atoms with Crippen molar-refractivity contribution in [1.29, 1.82) is 0 Å². The Bertz CT molecular complexity index is 340. The summed E-state index contributed by atoms with van der Waals surface area (Å²) >= 11 is 0. The number of benzene rings is 1. The van der Waals surface area contributed by atoms with Gasteiger partial charge in [0.05, 0.1) is 0 Å². The lowest BCUT2D eigenvalue weighted by Crippen LogP contribution is -2.16. The van der Waals surface area contributed by atoms with Crippen LogP contribution in [-0.2, 0) is 4.74 Å². The van der Waals surface area contributed by atoms with Crippen LogP contribution in [0.2, 0.25) is 0 Å². The second-order valence-electron chi connectivity index (χ2n) is 4.10. The van der Waals surface area contributed by atoms with Gasteiger partial charge in [0.25, 0.3) is 0 Å². The fraction of sp³-hybridized carbons (Fsp3) is 0.571. The molecule has 0 saturated carbocycles. The molecule has 1 aromatic carbocycles. The van der Waals surface area contributed by atoms with E-state index in [0.717, 1.165) is 12.3 Å². The maximum atomic E-state index is 5.70. The number of anilines is 1. The molecule has 0 aliphatic heterocycles. The lowest BCUT2D eigenvalue weighted by Gasteiger charge is -2.17. The van der Waals surface area contributed by atoms with Crippen molar-refractivity contribution >= 4 is 5.69 Å². The molecule has 0 aromatic heterocycles. The summed E-state index contributed by atoms with van der Waals surface area (Å²) in [5.74, 6) is 0.864. The van der Waals surface area contributed by atoms with Crippen molar-refractivity contribution in [3.63, 3.8) is 0 Å². The van der Waals surface area contributed by atoms with Crippen LogP contribution in [0.4, 0.5) is 5.69 Å². The van der Waals surface area contributed by atoms with Crippen molar-refractivity contribution in [2.24, 2.45) is 0 Å². The van der Waals surface area contributed by atoms with Gasteiger partial charge >= 0.3 is 0 Å². The molecule has 1 rings (SSSR count). The molecule has 1 atom stereocenters. The van der Waals surface area contributed by atoms with Gasteiger partial charge in [-0.2, -0.15) is 0 Å². The molecule has 0 bridgehead atoms. The number of aryl methyl sites for hydroxylation is 2. The summed E-state index contributed by atoms with van der Waals surface area (Å²) in [7, 11) is 0. The smallest absolute Gasteiger partial charge is 0.196 e. The Kier molecular flexibility index (Phi) is 5.29. The molecule has 0 amide bonds. The lowest BCUT2D eigenvalue weighted by molar-refractivity contribution is -0.0613. The monoisotopic (exact) mass is 237 g/mol. The Morgan fingerprint density at radius 2 is 1.76 bits per heavy atom. The van der Waals surface area contributed by atoms with Crippen molar-refractivity contribution in [3.8, 4) is 5.75 Å². The third-order valence-electron chi connectivity index (χ3n) is 2.56. The Morgan fingerprint density at radius 3 is 2.24 bits per heavy atom. The van der Waals surface area contributed by atoms with E-state index in [1.165, 1.54) is 16.8 Å². The molecular formula is C14H23NO2. The van der Waals surface area contributed by atoms with Gasteiger partial charge in [-0.05, 0) is 57.9 Å². The number of hydrogen-bond acceptors (Lipinski definition) is 3. The minimum absolute atomic E-state index is 0.205. The quantitative estimate of drug-likeness (QED) is 0.768. The molecule has 0 fully saturated rings. The highest BCUT2D eigenvalue weighted by Crippen LogP contribution is 2.26. The first-order chi connectivity index (χ1) is 8.08. The Hall–Kier alpha value is -1.22. The number of hydrogen-bond donors (Lipinski definition) is 1. The van der Waals surface area contributed by atoms with E-state index in [0.29, 0.717) is 6.61 Å². The molecule has 0 aliphatic carbocycles. The fourth-order valence-electron chi connectivity index (χ4n) is 1.91. The first-order valence-electron chi connectivity index (χ1n) is 6.21. The maximum Gasteiger partial charge on any atom is 0.196 e. The topological polar surface area (TPSA) is 30.5 Å². The van der Waals surface area contributed by atoms with Gasteiger partial charge in [0.2, 0.25) is 0 Å². The van der Waals surface area contributed by atoms with E-state index >= 15 is 0 Å². The van der Waals surface area contributed by atoms with Gasteiger partial charge in [0.1, 0.15) is 5.75 Å². The van der Waals surface area contributed by atoms with E-state index in [9.17, 15) is 0 Å². The zero-order valence-electron chi connectivity index (χ0n) is 11.5. The average Bonchev–Trinajstić information content (AvgIpc) is 2.23. The van der Waals surface area contributed by atoms with Crippen LogP contribution in [-0.4, -0.2) is 19.4 Å². The molecule has 17 heavy (non-hydrogen) atoms. The lowest BCUT2D eigenvalue weighted by atomic mass is 10.1. The maximum absolute atomic E-state index is 5.70. The molecule has 1 aromatic rings. The minimum Gasteiger partial charge on any atom is -0.465 e. The van der Waals surface area contributed by atoms with Crippen molar-refractivity contribution in [2.75, 3.05) is 18.5 Å². The van der Waals surface area contributed by atoms with Crippen LogP contribution in [0.25, 0.3) is 0 Å². The molecule has 0 saturated heterocycles. The third kappa shape index (κ3) is 3.93. The van der Waals surface area contributed by atoms with Crippen molar-refractivity contribution in [1.82, 2.24) is 0 Å². The van der Waals surface area contributed by atoms with Gasteiger partial charge in [0, 0.05) is 18.8 Å². The fourth-order valence-corrected chi connectivity index (χ4v) is 1.91. The van der Waals surface area contributed by atoms with E-state index in [4.69, 9.17) is 9.47 Å². The van der Waals surface area contributed by atoms with Crippen LogP contribution in [0.3, 0.4) is 0 Å². The second-order valence-corrected chi connectivity index (χ2v) is 4.10. The number of rotatable bonds is 6. The summed E-state index contributed by atoms with van der Waals surface area (Å²) in [5, 5.41) is 3.36. The predicted molar refractivity (Wildman–Crippen MR) is 71.8 cm³/mol. The van der Waals surface area contributed by atoms with Gasteiger partial charge in [-0.3, -0.25) is 0 Å². The van der Waals surface area contributed by atoms with E-state index in [2.05, 4.69) is 26.1 Å².